The van der Waals surface area contributed by atoms with Gasteiger partial charge in [-0.05, 0) is 44.4 Å². The fraction of sp³-hybridized carbons (Fsp3) is 0.500. The van der Waals surface area contributed by atoms with Crippen LogP contribution in [-0.2, 0) is 9.59 Å². The molecule has 2 heterocycles. The lowest BCUT2D eigenvalue weighted by atomic mass is 10.1. The zero-order chi connectivity index (χ0) is 15.0. The van der Waals surface area contributed by atoms with Gasteiger partial charge in [-0.25, -0.2) is 0 Å². The highest BCUT2D eigenvalue weighted by Crippen LogP contribution is 2.34. The number of nitrogens with zero attached hydrogens (tertiary/aromatic N) is 2. The summed E-state index contributed by atoms with van der Waals surface area (Å²) in [5.41, 5.74) is 1.74. The van der Waals surface area contributed by atoms with Crippen LogP contribution in [0.3, 0.4) is 0 Å². The number of fused-ring (bicyclic) bond motifs is 1. The molecule has 5 heteroatoms. The van der Waals surface area contributed by atoms with E-state index in [4.69, 9.17) is 4.74 Å². The van der Waals surface area contributed by atoms with Crippen molar-refractivity contribution in [1.82, 2.24) is 4.90 Å². The molecule has 0 radical (unpaired) electrons. The Morgan fingerprint density at radius 3 is 2.76 bits per heavy atom. The van der Waals surface area contributed by atoms with Crippen LogP contribution in [0.5, 0.6) is 5.75 Å². The molecule has 0 saturated carbocycles. The lowest BCUT2D eigenvalue weighted by Crippen LogP contribution is -2.49. The van der Waals surface area contributed by atoms with E-state index < -0.39 is 6.10 Å². The number of hydrogen-bond donors (Lipinski definition) is 0. The van der Waals surface area contributed by atoms with Crippen LogP contribution >= 0.6 is 0 Å². The van der Waals surface area contributed by atoms with Gasteiger partial charge < -0.3 is 9.64 Å². The molecule has 0 aromatic heterocycles. The van der Waals surface area contributed by atoms with Crippen molar-refractivity contribution < 1.29 is 14.3 Å². The van der Waals surface area contributed by atoms with Gasteiger partial charge in [0, 0.05) is 13.1 Å². The maximum absolute atomic E-state index is 12.4. The number of amides is 2. The van der Waals surface area contributed by atoms with Crippen LogP contribution in [-0.4, -0.2) is 42.5 Å². The SMILES string of the molecule is Cc1ccc2c(c1)N(CC(=O)N1CCCC1)C(=O)[C@@H](C)O2. The molecule has 1 fully saturated rings. The average molecular weight is 288 g/mol. The second-order valence-corrected chi connectivity index (χ2v) is 5.74. The number of ether oxygens (including phenoxy) is 1. The molecule has 1 atom stereocenters. The molecule has 5 nitrogen and oxygen atoms in total. The Labute approximate surface area is 124 Å². The van der Waals surface area contributed by atoms with E-state index in [1.807, 2.05) is 30.0 Å². The summed E-state index contributed by atoms with van der Waals surface area (Å²) in [6.45, 7) is 5.38. The van der Waals surface area contributed by atoms with Crippen molar-refractivity contribution in [3.63, 3.8) is 0 Å². The number of aryl methyl sites for hydroxylation is 1. The maximum atomic E-state index is 12.4. The van der Waals surface area contributed by atoms with Gasteiger partial charge in [0.15, 0.2) is 6.10 Å². The minimum absolute atomic E-state index is 0.0161. The third-order valence-electron chi connectivity index (χ3n) is 4.07. The standard InChI is InChI=1S/C16H20N2O3/c1-11-5-6-14-13(9-11)18(16(20)12(2)21-14)10-15(19)17-7-3-4-8-17/h5-6,9,12H,3-4,7-8,10H2,1-2H3/t12-/m1/s1. The summed E-state index contributed by atoms with van der Waals surface area (Å²) in [5.74, 6) is 0.532. The van der Waals surface area contributed by atoms with Crippen LogP contribution in [0.4, 0.5) is 5.69 Å². The molecule has 0 N–H and O–H groups in total. The lowest BCUT2D eigenvalue weighted by Gasteiger charge is -2.33. The van der Waals surface area contributed by atoms with Gasteiger partial charge in [-0.2, -0.15) is 0 Å². The van der Waals surface area contributed by atoms with Crippen LogP contribution in [0.15, 0.2) is 18.2 Å². The molecule has 2 aliphatic heterocycles. The number of benzene rings is 1. The number of likely N-dealkylation sites (tertiary alicyclic amines) is 1. The molecule has 2 aliphatic rings. The average Bonchev–Trinajstić information content (AvgIpc) is 2.99. The van der Waals surface area contributed by atoms with Gasteiger partial charge in [0.2, 0.25) is 5.91 Å². The molecule has 0 spiro atoms. The van der Waals surface area contributed by atoms with Crippen LogP contribution < -0.4 is 9.64 Å². The Morgan fingerprint density at radius 1 is 1.33 bits per heavy atom. The molecule has 0 aliphatic carbocycles. The van der Waals surface area contributed by atoms with Gasteiger partial charge in [-0.3, -0.25) is 14.5 Å². The molecule has 1 aromatic rings. The van der Waals surface area contributed by atoms with E-state index in [0.717, 1.165) is 31.5 Å². The monoisotopic (exact) mass is 288 g/mol. The fourth-order valence-corrected chi connectivity index (χ4v) is 2.88. The smallest absolute Gasteiger partial charge is 0.268 e. The van der Waals surface area contributed by atoms with Crippen molar-refractivity contribution >= 4 is 17.5 Å². The summed E-state index contributed by atoms with van der Waals surface area (Å²) >= 11 is 0. The third kappa shape index (κ3) is 2.60. The lowest BCUT2D eigenvalue weighted by molar-refractivity contribution is -0.132. The third-order valence-corrected chi connectivity index (χ3v) is 4.07. The Morgan fingerprint density at radius 2 is 2.05 bits per heavy atom. The molecule has 112 valence electrons. The van der Waals surface area contributed by atoms with Gasteiger partial charge in [0.05, 0.1) is 5.69 Å². The Hall–Kier alpha value is -2.04. The van der Waals surface area contributed by atoms with Crippen LogP contribution in [0.2, 0.25) is 0 Å². The molecule has 21 heavy (non-hydrogen) atoms. The summed E-state index contributed by atoms with van der Waals surface area (Å²) in [5, 5.41) is 0. The van der Waals surface area contributed by atoms with Gasteiger partial charge in [0.1, 0.15) is 12.3 Å². The topological polar surface area (TPSA) is 49.9 Å². The van der Waals surface area contributed by atoms with Crippen LogP contribution in [0.1, 0.15) is 25.3 Å². The Balaban J connectivity index is 1.87. The number of rotatable bonds is 2. The minimum Gasteiger partial charge on any atom is -0.479 e. The zero-order valence-electron chi connectivity index (χ0n) is 12.5. The van der Waals surface area contributed by atoms with E-state index in [0.29, 0.717) is 11.4 Å². The van der Waals surface area contributed by atoms with Gasteiger partial charge >= 0.3 is 0 Å². The molecular weight excluding hydrogens is 268 g/mol. The summed E-state index contributed by atoms with van der Waals surface area (Å²) in [7, 11) is 0. The summed E-state index contributed by atoms with van der Waals surface area (Å²) in [6, 6.07) is 5.71. The maximum Gasteiger partial charge on any atom is 0.268 e. The molecule has 0 unspecified atom stereocenters. The highest BCUT2D eigenvalue weighted by Gasteiger charge is 2.34. The molecule has 3 rings (SSSR count). The second kappa shape index (κ2) is 5.39. The van der Waals surface area contributed by atoms with E-state index >= 15 is 0 Å². The number of hydrogen-bond acceptors (Lipinski definition) is 3. The predicted octanol–water partition coefficient (Wildman–Crippen LogP) is 1.73. The summed E-state index contributed by atoms with van der Waals surface area (Å²) in [4.78, 5) is 28.1. The number of carbonyl (C=O) groups excluding carboxylic acids is 2. The van der Waals surface area contributed by atoms with Crippen molar-refractivity contribution in [1.29, 1.82) is 0 Å². The molecule has 2 amide bonds. The highest BCUT2D eigenvalue weighted by atomic mass is 16.5. The summed E-state index contributed by atoms with van der Waals surface area (Å²) < 4.78 is 5.62. The quantitative estimate of drug-likeness (QED) is 0.833. The fourth-order valence-electron chi connectivity index (χ4n) is 2.88. The van der Waals surface area contributed by atoms with E-state index in [-0.39, 0.29) is 18.4 Å². The number of carbonyl (C=O) groups is 2. The first kappa shape index (κ1) is 13.9. The highest BCUT2D eigenvalue weighted by molar-refractivity contribution is 6.03. The van der Waals surface area contributed by atoms with Crippen molar-refractivity contribution in [2.45, 2.75) is 32.8 Å². The second-order valence-electron chi connectivity index (χ2n) is 5.74. The minimum atomic E-state index is -0.549. The molecule has 0 bridgehead atoms. The Kier molecular flexibility index (Phi) is 3.57. The van der Waals surface area contributed by atoms with E-state index in [1.165, 1.54) is 0 Å². The first-order valence-corrected chi connectivity index (χ1v) is 7.43. The van der Waals surface area contributed by atoms with E-state index in [1.54, 1.807) is 11.8 Å². The van der Waals surface area contributed by atoms with Crippen LogP contribution in [0, 0.1) is 6.92 Å². The molecule has 1 aromatic carbocycles. The first-order chi connectivity index (χ1) is 10.1. The first-order valence-electron chi connectivity index (χ1n) is 7.43. The molecule has 1 saturated heterocycles. The van der Waals surface area contributed by atoms with Gasteiger partial charge in [-0.15, -0.1) is 0 Å². The van der Waals surface area contributed by atoms with Gasteiger partial charge in [0.25, 0.3) is 5.91 Å². The number of anilines is 1. The zero-order valence-corrected chi connectivity index (χ0v) is 12.5. The van der Waals surface area contributed by atoms with Crippen molar-refractivity contribution in [2.75, 3.05) is 24.5 Å². The van der Waals surface area contributed by atoms with E-state index in [2.05, 4.69) is 0 Å². The Bertz CT molecular complexity index is 579. The van der Waals surface area contributed by atoms with Crippen molar-refractivity contribution in [3.05, 3.63) is 23.8 Å². The van der Waals surface area contributed by atoms with Crippen LogP contribution in [0.25, 0.3) is 0 Å². The van der Waals surface area contributed by atoms with Gasteiger partial charge in [-0.1, -0.05) is 6.07 Å². The largest absolute Gasteiger partial charge is 0.479 e. The predicted molar refractivity (Wildman–Crippen MR) is 79.4 cm³/mol. The van der Waals surface area contributed by atoms with Crippen molar-refractivity contribution in [3.8, 4) is 5.75 Å². The van der Waals surface area contributed by atoms with E-state index in [9.17, 15) is 9.59 Å². The molecular formula is C16H20N2O3. The summed E-state index contributed by atoms with van der Waals surface area (Å²) in [6.07, 6.45) is 1.55. The van der Waals surface area contributed by atoms with Crippen molar-refractivity contribution in [2.24, 2.45) is 0 Å². The normalized spacial score (nSPS) is 21.2.